The van der Waals surface area contributed by atoms with E-state index in [4.69, 9.17) is 0 Å². The normalized spacial score (nSPS) is 10.8. The Bertz CT molecular complexity index is 684. The maximum absolute atomic E-state index is 2.35. The summed E-state index contributed by atoms with van der Waals surface area (Å²) in [5, 5.41) is 4.28. The van der Waals surface area contributed by atoms with Gasteiger partial charge in [-0.05, 0) is 0 Å². The molecular weight excluding hydrogens is 332 g/mol. The molecule has 0 aliphatic carbocycles. The Balaban J connectivity index is 2.20. The Morgan fingerprint density at radius 3 is 1.76 bits per heavy atom. The van der Waals surface area contributed by atoms with E-state index in [0.29, 0.717) is 0 Å². The zero-order valence-corrected chi connectivity index (χ0v) is 14.9. The first kappa shape index (κ1) is 14.6. The third-order valence-corrected chi connectivity index (χ3v) is 7.26. The molecule has 0 spiro atoms. The van der Waals surface area contributed by atoms with Gasteiger partial charge in [0.05, 0.1) is 0 Å². The zero-order chi connectivity index (χ0) is 14.7. The summed E-state index contributed by atoms with van der Waals surface area (Å²) in [5.41, 5.74) is 1.33. The summed E-state index contributed by atoms with van der Waals surface area (Å²) in [6.07, 6.45) is 0. The fourth-order valence-electron chi connectivity index (χ4n) is 2.41. The van der Waals surface area contributed by atoms with Crippen molar-refractivity contribution in [1.82, 2.24) is 0 Å². The second kappa shape index (κ2) is 6.60. The Hall–Kier alpha value is -1.37. The van der Waals surface area contributed by atoms with Crippen LogP contribution in [-0.2, 0) is 0 Å². The van der Waals surface area contributed by atoms with Gasteiger partial charge in [-0.2, -0.15) is 0 Å². The SMILES string of the molecule is Cc1cc[c]([Ge])c(P(c2ccccc2)c2ccccc2)c1. The number of rotatable bonds is 3. The molecule has 0 aliphatic heterocycles. The molecule has 2 heteroatoms. The van der Waals surface area contributed by atoms with Crippen LogP contribution in [0, 0.1) is 6.92 Å². The van der Waals surface area contributed by atoms with E-state index in [-0.39, 0.29) is 0 Å². The molecule has 0 aliphatic rings. The fraction of sp³-hybridized carbons (Fsp3) is 0.0526. The molecule has 0 atom stereocenters. The molecule has 0 bridgehead atoms. The first-order valence-electron chi connectivity index (χ1n) is 6.98. The number of hydrogen-bond donors (Lipinski definition) is 0. The van der Waals surface area contributed by atoms with Gasteiger partial charge in [-0.15, -0.1) is 0 Å². The van der Waals surface area contributed by atoms with Crippen molar-refractivity contribution in [3.05, 3.63) is 84.4 Å². The van der Waals surface area contributed by atoms with Crippen LogP contribution in [0.3, 0.4) is 0 Å². The van der Waals surface area contributed by atoms with E-state index in [1.807, 2.05) is 0 Å². The third-order valence-electron chi connectivity index (χ3n) is 3.42. The van der Waals surface area contributed by atoms with Gasteiger partial charge in [0, 0.05) is 0 Å². The zero-order valence-electron chi connectivity index (χ0n) is 12.0. The first-order valence-corrected chi connectivity index (χ1v) is 9.37. The van der Waals surface area contributed by atoms with Gasteiger partial charge in [-0.1, -0.05) is 0 Å². The van der Waals surface area contributed by atoms with E-state index >= 15 is 0 Å². The summed E-state index contributed by atoms with van der Waals surface area (Å²) in [7, 11) is -0.483. The molecule has 3 aromatic rings. The van der Waals surface area contributed by atoms with Crippen molar-refractivity contribution < 1.29 is 0 Å². The van der Waals surface area contributed by atoms with Crippen LogP contribution in [0.5, 0.6) is 0 Å². The topological polar surface area (TPSA) is 0 Å². The van der Waals surface area contributed by atoms with Gasteiger partial charge in [0.1, 0.15) is 0 Å². The van der Waals surface area contributed by atoms with Crippen LogP contribution in [0.4, 0.5) is 0 Å². The molecule has 0 heterocycles. The average Bonchev–Trinajstić information content (AvgIpc) is 2.53. The van der Waals surface area contributed by atoms with Crippen LogP contribution in [-0.4, -0.2) is 16.5 Å². The predicted octanol–water partition coefficient (Wildman–Crippen LogP) is 2.55. The quantitative estimate of drug-likeness (QED) is 0.504. The van der Waals surface area contributed by atoms with Gasteiger partial charge in [0.15, 0.2) is 0 Å². The van der Waals surface area contributed by atoms with E-state index in [9.17, 15) is 0 Å². The van der Waals surface area contributed by atoms with Crippen LogP contribution in [0.2, 0.25) is 0 Å². The summed E-state index contributed by atoms with van der Waals surface area (Å²) < 4.78 is 1.37. The van der Waals surface area contributed by atoms with Gasteiger partial charge in [-0.25, -0.2) is 0 Å². The van der Waals surface area contributed by atoms with E-state index in [1.54, 1.807) is 0 Å². The molecule has 3 rings (SSSR count). The predicted molar refractivity (Wildman–Crippen MR) is 95.3 cm³/mol. The average molecular weight is 348 g/mol. The van der Waals surface area contributed by atoms with Gasteiger partial charge < -0.3 is 0 Å². The van der Waals surface area contributed by atoms with Gasteiger partial charge >= 0.3 is 136 Å². The molecular formula is C19H16GeP. The van der Waals surface area contributed by atoms with Crippen LogP contribution in [0.15, 0.2) is 78.9 Å². The first-order chi connectivity index (χ1) is 10.3. The van der Waals surface area contributed by atoms with Crippen molar-refractivity contribution in [1.29, 1.82) is 0 Å². The molecule has 101 valence electrons. The summed E-state index contributed by atoms with van der Waals surface area (Å²) >= 11 is 2.22. The number of aryl methyl sites for hydroxylation is 1. The minimum atomic E-state index is -0.483. The Morgan fingerprint density at radius 2 is 1.24 bits per heavy atom. The molecule has 0 saturated heterocycles. The minimum absolute atomic E-state index is 0.483. The standard InChI is InChI=1S/C19H16GeP/c1-15-12-13-18(20)19(14-15)21(16-8-4-2-5-9-16)17-10-6-3-7-11-17/h2-14H,1H3. The summed E-state index contributed by atoms with van der Waals surface area (Å²) in [6, 6.07) is 28.5. The van der Waals surface area contributed by atoms with Crippen molar-refractivity contribution in [2.45, 2.75) is 6.92 Å². The van der Waals surface area contributed by atoms with Gasteiger partial charge in [0.2, 0.25) is 0 Å². The summed E-state index contributed by atoms with van der Waals surface area (Å²) in [5.74, 6) is 0. The van der Waals surface area contributed by atoms with Crippen molar-refractivity contribution in [2.24, 2.45) is 0 Å². The van der Waals surface area contributed by atoms with Crippen molar-refractivity contribution in [3.63, 3.8) is 0 Å². The molecule has 0 nitrogen and oxygen atoms in total. The van der Waals surface area contributed by atoms with E-state index in [0.717, 1.165) is 0 Å². The molecule has 0 saturated carbocycles. The molecule has 0 aromatic heterocycles. The van der Waals surface area contributed by atoms with Crippen molar-refractivity contribution >= 4 is 44.7 Å². The number of hydrogen-bond acceptors (Lipinski definition) is 0. The van der Waals surface area contributed by atoms with E-state index < -0.39 is 7.92 Å². The van der Waals surface area contributed by atoms with Crippen LogP contribution in [0.25, 0.3) is 0 Å². The van der Waals surface area contributed by atoms with Gasteiger partial charge in [0.25, 0.3) is 0 Å². The van der Waals surface area contributed by atoms with Crippen LogP contribution in [0.1, 0.15) is 5.56 Å². The molecule has 0 fully saturated rings. The van der Waals surface area contributed by atoms with Crippen LogP contribution >= 0.6 is 7.92 Å². The molecule has 0 N–H and O–H groups in total. The Morgan fingerprint density at radius 1 is 0.714 bits per heavy atom. The maximum atomic E-state index is 2.35. The Labute approximate surface area is 136 Å². The Kier molecular flexibility index (Phi) is 4.58. The summed E-state index contributed by atoms with van der Waals surface area (Å²) in [6.45, 7) is 2.17. The van der Waals surface area contributed by atoms with Gasteiger partial charge in [-0.3, -0.25) is 0 Å². The molecule has 21 heavy (non-hydrogen) atoms. The molecule has 3 radical (unpaired) electrons. The fourth-order valence-corrected chi connectivity index (χ4v) is 5.88. The van der Waals surface area contributed by atoms with Crippen molar-refractivity contribution in [3.8, 4) is 0 Å². The van der Waals surface area contributed by atoms with Crippen LogP contribution < -0.4 is 20.3 Å². The van der Waals surface area contributed by atoms with Crippen molar-refractivity contribution in [2.75, 3.05) is 0 Å². The van der Waals surface area contributed by atoms with E-state index in [1.165, 1.54) is 25.9 Å². The number of benzene rings is 3. The second-order valence-corrected chi connectivity index (χ2v) is 8.34. The molecule has 0 unspecified atom stereocenters. The monoisotopic (exact) mass is 349 g/mol. The van der Waals surface area contributed by atoms with E-state index in [2.05, 4.69) is 102 Å². The second-order valence-electron chi connectivity index (χ2n) is 5.03. The molecule has 0 amide bonds. The molecule has 3 aromatic carbocycles. The third kappa shape index (κ3) is 3.28. The summed E-state index contributed by atoms with van der Waals surface area (Å²) in [4.78, 5) is 0.